The van der Waals surface area contributed by atoms with Crippen LogP contribution in [0.15, 0.2) is 91.0 Å². The molecule has 1 heterocycles. The molecular formula is C28H27F6FeN3O. The number of nitrogens with zero attached hydrogens (tertiary/aromatic N) is 1. The zero-order valence-corrected chi connectivity index (χ0v) is 21.7. The monoisotopic (exact) mass is 591 g/mol. The van der Waals surface area contributed by atoms with E-state index >= 15 is 0 Å². The van der Waals surface area contributed by atoms with Crippen LogP contribution in [0.1, 0.15) is 28.5 Å². The molecule has 0 spiro atoms. The van der Waals surface area contributed by atoms with E-state index in [9.17, 15) is 31.4 Å². The van der Waals surface area contributed by atoms with Crippen molar-refractivity contribution in [3.05, 3.63) is 113 Å². The van der Waals surface area contributed by atoms with Crippen molar-refractivity contribution in [2.75, 3.05) is 19.6 Å². The number of hydrogen-bond donors (Lipinski definition) is 3. The molecule has 3 aromatic carbocycles. The molecule has 0 aliphatic rings. The molecule has 4 rings (SSSR count). The molecule has 4 nitrogen and oxygen atoms in total. The van der Waals surface area contributed by atoms with Gasteiger partial charge >= 0.3 is 29.4 Å². The molecule has 1 aromatic heterocycles. The molecule has 1 atom stereocenters. The first kappa shape index (κ1) is 32.3. The van der Waals surface area contributed by atoms with Crippen LogP contribution in [0.2, 0.25) is 0 Å². The topological polar surface area (TPSA) is 57.2 Å². The van der Waals surface area contributed by atoms with Crippen molar-refractivity contribution in [1.29, 1.82) is 0 Å². The van der Waals surface area contributed by atoms with Gasteiger partial charge in [0.25, 0.3) is 0 Å². The molecule has 3 N–H and O–H groups in total. The Bertz CT molecular complexity index is 1190. The Morgan fingerprint density at radius 3 is 2.00 bits per heavy atom. The van der Waals surface area contributed by atoms with Crippen LogP contribution in [0.25, 0.3) is 11.3 Å². The van der Waals surface area contributed by atoms with Gasteiger partial charge in [0, 0.05) is 30.8 Å². The molecule has 11 heteroatoms. The summed E-state index contributed by atoms with van der Waals surface area (Å²) in [5.41, 5.74) is -1.52. The van der Waals surface area contributed by atoms with E-state index in [1.807, 2.05) is 54.6 Å². The fourth-order valence-electron chi connectivity index (χ4n) is 3.57. The summed E-state index contributed by atoms with van der Waals surface area (Å²) in [4.78, 5) is 3.61. The molecule has 0 saturated carbocycles. The second-order valence-corrected chi connectivity index (χ2v) is 8.36. The molecule has 39 heavy (non-hydrogen) atoms. The minimum Gasteiger partial charge on any atom is -0.387 e. The maximum atomic E-state index is 13.6. The smallest absolute Gasteiger partial charge is 0.387 e. The summed E-state index contributed by atoms with van der Waals surface area (Å²) in [6.45, 7) is 1.51. The minimum absolute atomic E-state index is 0. The number of aliphatic hydroxyl groups excluding tert-OH is 1. The predicted molar refractivity (Wildman–Crippen MR) is 133 cm³/mol. The van der Waals surface area contributed by atoms with Gasteiger partial charge in [0.2, 0.25) is 0 Å². The molecule has 0 amide bonds. The van der Waals surface area contributed by atoms with Gasteiger partial charge in [0.1, 0.15) is 0 Å². The third-order valence-electron chi connectivity index (χ3n) is 5.49. The van der Waals surface area contributed by atoms with Crippen LogP contribution >= 0.6 is 0 Å². The standard InChI is InChI=1S/C23H22F6N3O.C5H5.Fe/c24-22(25,26)17-7-5-16(6-8-17)19-10-9-18(21(32-19)23(27,28)29)20(33)14-31-12-11-30-13-15-3-1-2-4-15;1-2-4-5-3-1;/h1-10,20,30-31,33H,11-14H2;1-5H;/q2*-1;+2/t20-;;/m1../s1. The van der Waals surface area contributed by atoms with E-state index < -0.39 is 35.3 Å². The van der Waals surface area contributed by atoms with Gasteiger partial charge in [0.15, 0.2) is 5.69 Å². The van der Waals surface area contributed by atoms with Crippen molar-refractivity contribution in [3.63, 3.8) is 0 Å². The van der Waals surface area contributed by atoms with Crippen molar-refractivity contribution >= 4 is 0 Å². The van der Waals surface area contributed by atoms with Crippen molar-refractivity contribution in [2.45, 2.75) is 25.0 Å². The maximum Gasteiger partial charge on any atom is 2.00 e. The first-order valence-electron chi connectivity index (χ1n) is 11.8. The quantitative estimate of drug-likeness (QED) is 0.0924. The van der Waals surface area contributed by atoms with Crippen LogP contribution in [0.5, 0.6) is 0 Å². The second kappa shape index (κ2) is 15.0. The number of hydrogen-bond acceptors (Lipinski definition) is 4. The first-order valence-corrected chi connectivity index (χ1v) is 11.8. The summed E-state index contributed by atoms with van der Waals surface area (Å²) < 4.78 is 78.9. The van der Waals surface area contributed by atoms with Crippen LogP contribution in [0, 0.1) is 0 Å². The van der Waals surface area contributed by atoms with Crippen molar-refractivity contribution in [1.82, 2.24) is 15.6 Å². The number of alkyl halides is 6. The summed E-state index contributed by atoms with van der Waals surface area (Å²) in [6.07, 6.45) is -10.9. The summed E-state index contributed by atoms with van der Waals surface area (Å²) in [5, 5.41) is 16.4. The van der Waals surface area contributed by atoms with Crippen molar-refractivity contribution < 1.29 is 48.5 Å². The number of pyridine rings is 1. The van der Waals surface area contributed by atoms with E-state index in [1.165, 1.54) is 6.07 Å². The molecule has 0 aliphatic heterocycles. The summed E-state index contributed by atoms with van der Waals surface area (Å²) in [5.74, 6) is 0. The van der Waals surface area contributed by atoms with Gasteiger partial charge in [-0.1, -0.05) is 18.2 Å². The fourth-order valence-corrected chi connectivity index (χ4v) is 3.57. The Kier molecular flexibility index (Phi) is 12.4. The average Bonchev–Trinajstić information content (AvgIpc) is 3.62. The van der Waals surface area contributed by atoms with E-state index in [0.717, 1.165) is 35.9 Å². The maximum absolute atomic E-state index is 13.6. The number of benzene rings is 1. The number of halogens is 6. The Hall–Kier alpha value is -2.95. The molecule has 0 saturated heterocycles. The normalized spacial score (nSPS) is 12.3. The van der Waals surface area contributed by atoms with Crippen LogP contribution in [0.4, 0.5) is 26.3 Å². The van der Waals surface area contributed by atoms with Gasteiger partial charge in [-0.25, -0.2) is 29.2 Å². The number of rotatable bonds is 9. The van der Waals surface area contributed by atoms with Gasteiger partial charge in [-0.2, -0.15) is 62.2 Å². The van der Waals surface area contributed by atoms with E-state index in [4.69, 9.17) is 0 Å². The predicted octanol–water partition coefficient (Wildman–Crippen LogP) is 6.32. The zero-order chi connectivity index (χ0) is 27.6. The molecule has 4 aromatic rings. The van der Waals surface area contributed by atoms with E-state index in [2.05, 4.69) is 15.6 Å². The van der Waals surface area contributed by atoms with Gasteiger partial charge in [0.05, 0.1) is 17.4 Å². The van der Waals surface area contributed by atoms with E-state index in [0.29, 0.717) is 19.6 Å². The number of aliphatic hydroxyl groups is 1. The molecule has 0 bridgehead atoms. The number of nitrogens with one attached hydrogen (secondary N) is 2. The first-order chi connectivity index (χ1) is 18.1. The van der Waals surface area contributed by atoms with Gasteiger partial charge in [-0.05, 0) is 24.7 Å². The zero-order valence-electron chi connectivity index (χ0n) is 20.6. The second-order valence-electron chi connectivity index (χ2n) is 8.36. The largest absolute Gasteiger partial charge is 2.00 e. The Balaban J connectivity index is 0.000000797. The molecule has 0 aliphatic carbocycles. The van der Waals surface area contributed by atoms with E-state index in [1.54, 1.807) is 0 Å². The summed E-state index contributed by atoms with van der Waals surface area (Å²) in [7, 11) is 0. The van der Waals surface area contributed by atoms with Crippen LogP contribution < -0.4 is 10.6 Å². The third kappa shape index (κ3) is 10.3. The average molecular weight is 591 g/mol. The Morgan fingerprint density at radius 2 is 1.46 bits per heavy atom. The van der Waals surface area contributed by atoms with Gasteiger partial charge in [-0.15, -0.1) is 0 Å². The van der Waals surface area contributed by atoms with Crippen LogP contribution in [-0.4, -0.2) is 29.7 Å². The van der Waals surface area contributed by atoms with Crippen LogP contribution in [-0.2, 0) is 36.0 Å². The summed E-state index contributed by atoms with van der Waals surface area (Å²) in [6, 6.07) is 23.8. The van der Waals surface area contributed by atoms with Crippen molar-refractivity contribution in [3.8, 4) is 11.3 Å². The molecule has 0 radical (unpaired) electrons. The van der Waals surface area contributed by atoms with Crippen LogP contribution in [0.3, 0.4) is 0 Å². The molecule has 0 unspecified atom stereocenters. The SMILES string of the molecule is O[C@H](CNCCNCc1ccc[cH-]1)c1ccc(-c2ccc(C(F)(F)F)cc2)nc1C(F)(F)F.[Fe+2].c1cc[cH-]c1. The van der Waals surface area contributed by atoms with Gasteiger partial charge in [-0.3, -0.25) is 0 Å². The minimum atomic E-state index is -4.85. The third-order valence-corrected chi connectivity index (χ3v) is 5.49. The molecular weight excluding hydrogens is 564 g/mol. The Morgan fingerprint density at radius 1 is 0.795 bits per heavy atom. The summed E-state index contributed by atoms with van der Waals surface area (Å²) >= 11 is 0. The Labute approximate surface area is 233 Å². The van der Waals surface area contributed by atoms with E-state index in [-0.39, 0.29) is 34.9 Å². The number of aromatic nitrogens is 1. The van der Waals surface area contributed by atoms with Gasteiger partial charge < -0.3 is 15.7 Å². The molecule has 210 valence electrons. The van der Waals surface area contributed by atoms with Crippen molar-refractivity contribution in [2.24, 2.45) is 0 Å². The molecule has 0 fully saturated rings. The fraction of sp³-hybridized carbons (Fsp3) is 0.250.